The summed E-state index contributed by atoms with van der Waals surface area (Å²) in [6, 6.07) is 5.30. The zero-order valence-electron chi connectivity index (χ0n) is 11.0. The molecule has 0 radical (unpaired) electrons. The van der Waals surface area contributed by atoms with Crippen LogP contribution in [-0.2, 0) is 0 Å². The van der Waals surface area contributed by atoms with Crippen molar-refractivity contribution in [3.8, 4) is 0 Å². The van der Waals surface area contributed by atoms with Crippen LogP contribution in [0.5, 0.6) is 0 Å². The van der Waals surface area contributed by atoms with E-state index in [1.54, 1.807) is 12.1 Å². The first-order valence-electron chi connectivity index (χ1n) is 6.28. The molecule has 1 unspecified atom stereocenters. The predicted octanol–water partition coefficient (Wildman–Crippen LogP) is 4.27. The smallest absolute Gasteiger partial charge is 0.337 e. The van der Waals surface area contributed by atoms with E-state index in [1.165, 1.54) is 6.07 Å². The lowest BCUT2D eigenvalue weighted by molar-refractivity contribution is 0.0697. The van der Waals surface area contributed by atoms with E-state index in [4.69, 9.17) is 16.7 Å². The van der Waals surface area contributed by atoms with Crippen LogP contribution in [0.25, 0.3) is 0 Å². The van der Waals surface area contributed by atoms with Gasteiger partial charge < -0.3 is 10.4 Å². The largest absolute Gasteiger partial charge is 0.478 e. The third kappa shape index (κ3) is 3.64. The van der Waals surface area contributed by atoms with Gasteiger partial charge in [-0.05, 0) is 31.0 Å². The summed E-state index contributed by atoms with van der Waals surface area (Å²) in [7, 11) is 0. The Hall–Kier alpha value is -1.22. The molecule has 0 amide bonds. The van der Waals surface area contributed by atoms with Gasteiger partial charge in [0.05, 0.1) is 10.6 Å². The van der Waals surface area contributed by atoms with Gasteiger partial charge in [0.2, 0.25) is 0 Å². The molecule has 0 heterocycles. The highest BCUT2D eigenvalue weighted by Crippen LogP contribution is 2.23. The predicted molar refractivity (Wildman–Crippen MR) is 75.6 cm³/mol. The molecule has 0 aliphatic carbocycles. The van der Waals surface area contributed by atoms with E-state index in [-0.39, 0.29) is 10.6 Å². The van der Waals surface area contributed by atoms with E-state index in [9.17, 15) is 4.79 Å². The number of carboxylic acid groups (broad SMARTS) is 1. The minimum absolute atomic E-state index is 0.136. The molecule has 1 rings (SSSR count). The molecule has 0 aliphatic rings. The molecule has 1 atom stereocenters. The second-order valence-electron chi connectivity index (χ2n) is 4.51. The first-order chi connectivity index (χ1) is 8.49. The maximum Gasteiger partial charge on any atom is 0.337 e. The summed E-state index contributed by atoms with van der Waals surface area (Å²) in [6.07, 6.45) is 2.23. The van der Waals surface area contributed by atoms with Gasteiger partial charge in [0.1, 0.15) is 0 Å². The van der Waals surface area contributed by atoms with Crippen LogP contribution >= 0.6 is 11.6 Å². The molecule has 0 fully saturated rings. The molecule has 1 aromatic rings. The molecule has 100 valence electrons. The third-order valence-corrected chi connectivity index (χ3v) is 3.66. The summed E-state index contributed by atoms with van der Waals surface area (Å²) in [5.74, 6) is -0.400. The van der Waals surface area contributed by atoms with Gasteiger partial charge in [0.15, 0.2) is 0 Å². The van der Waals surface area contributed by atoms with Crippen molar-refractivity contribution in [2.24, 2.45) is 5.92 Å². The van der Waals surface area contributed by atoms with E-state index in [1.807, 2.05) is 0 Å². The van der Waals surface area contributed by atoms with Crippen molar-refractivity contribution in [2.45, 2.75) is 39.7 Å². The molecule has 0 saturated heterocycles. The van der Waals surface area contributed by atoms with Crippen LogP contribution < -0.4 is 5.32 Å². The van der Waals surface area contributed by atoms with Crippen LogP contribution in [0.4, 0.5) is 5.69 Å². The summed E-state index contributed by atoms with van der Waals surface area (Å²) in [4.78, 5) is 10.9. The molecule has 0 spiro atoms. The highest BCUT2D eigenvalue weighted by Gasteiger charge is 2.14. The highest BCUT2D eigenvalue weighted by atomic mass is 35.5. The van der Waals surface area contributed by atoms with E-state index in [0.29, 0.717) is 12.0 Å². The summed E-state index contributed by atoms with van der Waals surface area (Å²) >= 11 is 5.93. The number of carboxylic acids is 1. The zero-order valence-corrected chi connectivity index (χ0v) is 11.8. The fraction of sp³-hybridized carbons (Fsp3) is 0.500. The maximum atomic E-state index is 10.9. The van der Waals surface area contributed by atoms with Gasteiger partial charge in [0.25, 0.3) is 0 Å². The number of aromatic carboxylic acids is 1. The minimum Gasteiger partial charge on any atom is -0.478 e. The summed E-state index contributed by atoms with van der Waals surface area (Å²) < 4.78 is 0. The Morgan fingerprint density at radius 1 is 1.39 bits per heavy atom. The Morgan fingerprint density at radius 2 is 2.00 bits per heavy atom. The normalized spacial score (nSPS) is 12.5. The van der Waals surface area contributed by atoms with Crippen LogP contribution in [0.1, 0.15) is 44.0 Å². The number of benzene rings is 1. The Kier molecular flexibility index (Phi) is 5.48. The summed E-state index contributed by atoms with van der Waals surface area (Å²) in [6.45, 7) is 6.48. The number of nitrogens with one attached hydrogen (secondary N) is 1. The molecular formula is C14H20ClNO2. The zero-order chi connectivity index (χ0) is 13.7. The van der Waals surface area contributed by atoms with Crippen LogP contribution in [0, 0.1) is 5.92 Å². The molecule has 1 aromatic carbocycles. The van der Waals surface area contributed by atoms with E-state index in [2.05, 4.69) is 26.1 Å². The van der Waals surface area contributed by atoms with Crippen LogP contribution in [0.3, 0.4) is 0 Å². The molecule has 3 nitrogen and oxygen atoms in total. The molecule has 0 bridgehead atoms. The minimum atomic E-state index is -1.00. The summed E-state index contributed by atoms with van der Waals surface area (Å²) in [5.41, 5.74) is 1.00. The average Bonchev–Trinajstić information content (AvgIpc) is 2.30. The van der Waals surface area contributed by atoms with Crippen molar-refractivity contribution >= 4 is 23.3 Å². The van der Waals surface area contributed by atoms with Crippen LogP contribution in [0.2, 0.25) is 5.02 Å². The number of carbonyl (C=O) groups is 1. The Morgan fingerprint density at radius 3 is 2.44 bits per heavy atom. The molecule has 18 heavy (non-hydrogen) atoms. The second-order valence-corrected chi connectivity index (χ2v) is 4.92. The van der Waals surface area contributed by atoms with E-state index in [0.717, 1.165) is 18.5 Å². The lowest BCUT2D eigenvalue weighted by Crippen LogP contribution is -2.25. The molecule has 0 aliphatic heterocycles. The second kappa shape index (κ2) is 6.64. The Balaban J connectivity index is 2.80. The van der Waals surface area contributed by atoms with Gasteiger partial charge in [-0.1, -0.05) is 38.3 Å². The number of hydrogen-bond donors (Lipinski definition) is 2. The lowest BCUT2D eigenvalue weighted by Gasteiger charge is -2.23. The van der Waals surface area contributed by atoms with Crippen molar-refractivity contribution in [2.75, 3.05) is 5.32 Å². The Bertz CT molecular complexity index is 416. The molecular weight excluding hydrogens is 250 g/mol. The third-order valence-electron chi connectivity index (χ3n) is 3.35. The SMILES string of the molecule is CCC(CC)C(C)Nc1ccc(C(=O)O)c(Cl)c1. The average molecular weight is 270 g/mol. The number of rotatable bonds is 6. The van der Waals surface area contributed by atoms with Crippen LogP contribution in [-0.4, -0.2) is 17.1 Å². The van der Waals surface area contributed by atoms with Crippen molar-refractivity contribution in [1.82, 2.24) is 0 Å². The van der Waals surface area contributed by atoms with Crippen molar-refractivity contribution in [3.05, 3.63) is 28.8 Å². The first kappa shape index (κ1) is 14.8. The lowest BCUT2D eigenvalue weighted by atomic mass is 9.95. The van der Waals surface area contributed by atoms with Crippen molar-refractivity contribution in [3.63, 3.8) is 0 Å². The number of anilines is 1. The van der Waals surface area contributed by atoms with E-state index < -0.39 is 5.97 Å². The van der Waals surface area contributed by atoms with Gasteiger partial charge in [-0.15, -0.1) is 0 Å². The van der Waals surface area contributed by atoms with Crippen LogP contribution in [0.15, 0.2) is 18.2 Å². The fourth-order valence-corrected chi connectivity index (χ4v) is 2.42. The summed E-state index contributed by atoms with van der Waals surface area (Å²) in [5, 5.41) is 12.5. The van der Waals surface area contributed by atoms with Crippen molar-refractivity contribution in [1.29, 1.82) is 0 Å². The van der Waals surface area contributed by atoms with Gasteiger partial charge in [-0.25, -0.2) is 4.79 Å². The van der Waals surface area contributed by atoms with Gasteiger partial charge >= 0.3 is 5.97 Å². The molecule has 0 aromatic heterocycles. The quantitative estimate of drug-likeness (QED) is 0.811. The number of halogens is 1. The maximum absolute atomic E-state index is 10.9. The van der Waals surface area contributed by atoms with Gasteiger partial charge in [-0.3, -0.25) is 0 Å². The molecule has 0 saturated carbocycles. The molecule has 2 N–H and O–H groups in total. The molecule has 4 heteroatoms. The number of hydrogen-bond acceptors (Lipinski definition) is 2. The Labute approximate surface area is 113 Å². The highest BCUT2D eigenvalue weighted by molar-refractivity contribution is 6.33. The standard InChI is InChI=1S/C14H20ClNO2/c1-4-10(5-2)9(3)16-11-6-7-12(14(17)18)13(15)8-11/h6-10,16H,4-5H2,1-3H3,(H,17,18). The monoisotopic (exact) mass is 269 g/mol. The van der Waals surface area contributed by atoms with E-state index >= 15 is 0 Å². The first-order valence-corrected chi connectivity index (χ1v) is 6.66. The topological polar surface area (TPSA) is 49.3 Å². The van der Waals surface area contributed by atoms with Crippen molar-refractivity contribution < 1.29 is 9.90 Å². The van der Waals surface area contributed by atoms with Gasteiger partial charge in [-0.2, -0.15) is 0 Å². The fourth-order valence-electron chi connectivity index (χ4n) is 2.15. The van der Waals surface area contributed by atoms with Gasteiger partial charge in [0, 0.05) is 11.7 Å².